The molecule has 18 heavy (non-hydrogen) atoms. The summed E-state index contributed by atoms with van der Waals surface area (Å²) in [6.45, 7) is 0.354. The fraction of sp³-hybridized carbons (Fsp3) is 0.143. The third-order valence-electron chi connectivity index (χ3n) is 2.36. The molecular weight excluding hydrogens is 230 g/mol. The van der Waals surface area contributed by atoms with Crippen molar-refractivity contribution in [3.63, 3.8) is 0 Å². The number of nitrogens with zero attached hydrogens (tertiary/aromatic N) is 1. The molecule has 0 saturated heterocycles. The van der Waals surface area contributed by atoms with Gasteiger partial charge in [-0.2, -0.15) is 0 Å². The Labute approximate surface area is 105 Å². The lowest BCUT2D eigenvalue weighted by atomic mass is 10.1. The van der Waals surface area contributed by atoms with Crippen molar-refractivity contribution in [3.05, 3.63) is 59.9 Å². The van der Waals surface area contributed by atoms with Crippen LogP contribution in [0.1, 0.15) is 5.56 Å². The van der Waals surface area contributed by atoms with E-state index < -0.39 is 0 Å². The van der Waals surface area contributed by atoms with Crippen LogP contribution in [-0.4, -0.2) is 18.6 Å². The quantitative estimate of drug-likeness (QED) is 0.601. The van der Waals surface area contributed by atoms with E-state index in [4.69, 9.17) is 4.74 Å². The highest BCUT2D eigenvalue weighted by Crippen LogP contribution is 2.11. The van der Waals surface area contributed by atoms with Crippen molar-refractivity contribution in [2.75, 3.05) is 7.11 Å². The number of ether oxygens (including phenoxy) is 1. The number of oxime groups is 1. The molecule has 0 atom stereocenters. The number of hydrogen-bond acceptors (Lipinski definition) is 4. The van der Waals surface area contributed by atoms with Gasteiger partial charge in [-0.25, -0.2) is 0 Å². The zero-order chi connectivity index (χ0) is 12.8. The fourth-order valence-corrected chi connectivity index (χ4v) is 1.51. The molecule has 0 spiro atoms. The van der Waals surface area contributed by atoms with Gasteiger partial charge < -0.3 is 9.57 Å². The summed E-state index contributed by atoms with van der Waals surface area (Å²) in [5, 5.41) is 3.74. The Balaban J connectivity index is 2.04. The zero-order valence-corrected chi connectivity index (χ0v) is 10.00. The monoisotopic (exact) mass is 243 g/mol. The van der Waals surface area contributed by atoms with Crippen LogP contribution >= 0.6 is 0 Å². The van der Waals surface area contributed by atoms with Crippen LogP contribution in [0.5, 0.6) is 0 Å². The highest BCUT2D eigenvalue weighted by atomic mass is 16.6. The number of rotatable bonds is 4. The van der Waals surface area contributed by atoms with Crippen LogP contribution in [0.3, 0.4) is 0 Å². The van der Waals surface area contributed by atoms with E-state index >= 15 is 0 Å². The molecule has 1 aromatic carbocycles. The van der Waals surface area contributed by atoms with Crippen molar-refractivity contribution >= 4 is 11.5 Å². The Bertz CT molecular complexity index is 515. The average Bonchev–Trinajstić information content (AvgIpc) is 2.41. The zero-order valence-electron chi connectivity index (χ0n) is 10.00. The number of carbonyl (C=O) groups is 1. The molecule has 4 nitrogen and oxygen atoms in total. The molecule has 0 aliphatic heterocycles. The summed E-state index contributed by atoms with van der Waals surface area (Å²) in [6, 6.07) is 9.66. The van der Waals surface area contributed by atoms with Gasteiger partial charge in [0.05, 0.1) is 0 Å². The van der Waals surface area contributed by atoms with Crippen molar-refractivity contribution in [1.29, 1.82) is 0 Å². The number of benzene rings is 1. The first-order valence-corrected chi connectivity index (χ1v) is 5.51. The van der Waals surface area contributed by atoms with Gasteiger partial charge >= 0.3 is 0 Å². The van der Waals surface area contributed by atoms with Gasteiger partial charge in [0.1, 0.15) is 19.4 Å². The molecule has 92 valence electrons. The lowest BCUT2D eigenvalue weighted by Gasteiger charge is -2.10. The van der Waals surface area contributed by atoms with Crippen LogP contribution in [0.4, 0.5) is 0 Å². The number of carbonyl (C=O) groups excluding carboxylic acids is 1. The topological polar surface area (TPSA) is 47.9 Å². The van der Waals surface area contributed by atoms with Crippen LogP contribution in [0.2, 0.25) is 0 Å². The van der Waals surface area contributed by atoms with Crippen LogP contribution in [0, 0.1) is 0 Å². The van der Waals surface area contributed by atoms with E-state index in [1.54, 1.807) is 12.2 Å². The smallest absolute Gasteiger partial charge is 0.220 e. The van der Waals surface area contributed by atoms with Crippen molar-refractivity contribution in [1.82, 2.24) is 0 Å². The first kappa shape index (κ1) is 12.1. The maximum Gasteiger partial charge on any atom is 0.220 e. The van der Waals surface area contributed by atoms with E-state index in [-0.39, 0.29) is 11.5 Å². The van der Waals surface area contributed by atoms with Gasteiger partial charge in [0, 0.05) is 6.08 Å². The third kappa shape index (κ3) is 3.07. The second kappa shape index (κ2) is 5.82. The lowest BCUT2D eigenvalue weighted by molar-refractivity contribution is -0.114. The van der Waals surface area contributed by atoms with Gasteiger partial charge in [-0.15, -0.1) is 0 Å². The summed E-state index contributed by atoms with van der Waals surface area (Å²) in [6.07, 6.45) is 4.56. The second-order valence-electron chi connectivity index (χ2n) is 3.68. The predicted molar refractivity (Wildman–Crippen MR) is 67.9 cm³/mol. The molecular formula is C14H13NO3. The fourth-order valence-electron chi connectivity index (χ4n) is 1.51. The molecule has 4 heteroatoms. The molecule has 0 bridgehead atoms. The minimum absolute atomic E-state index is 0.166. The molecule has 0 N–H and O–H groups in total. The van der Waals surface area contributed by atoms with Crippen LogP contribution < -0.4 is 0 Å². The SMILES string of the molecule is CO/N=C1/C=CC(=O)C(OCc2ccccc2)=C1. The highest BCUT2D eigenvalue weighted by molar-refractivity contribution is 6.18. The Morgan fingerprint density at radius 1 is 1.17 bits per heavy atom. The standard InChI is InChI=1S/C14H13NO3/c1-17-15-12-7-8-13(16)14(9-12)18-10-11-5-3-2-4-6-11/h2-9H,10H2,1H3/b15-12-. The normalized spacial score (nSPS) is 16.6. The van der Waals surface area contributed by atoms with Gasteiger partial charge in [0.2, 0.25) is 5.78 Å². The van der Waals surface area contributed by atoms with Gasteiger partial charge in [0.15, 0.2) is 5.76 Å². The minimum atomic E-state index is -0.166. The number of ketones is 1. The van der Waals surface area contributed by atoms with E-state index in [9.17, 15) is 4.79 Å². The Morgan fingerprint density at radius 3 is 2.67 bits per heavy atom. The first-order valence-electron chi connectivity index (χ1n) is 5.51. The largest absolute Gasteiger partial charge is 0.485 e. The molecule has 0 radical (unpaired) electrons. The molecule has 0 amide bonds. The Hall–Kier alpha value is -2.36. The first-order chi connectivity index (χ1) is 8.79. The summed E-state index contributed by atoms with van der Waals surface area (Å²) >= 11 is 0. The van der Waals surface area contributed by atoms with E-state index in [0.29, 0.717) is 12.3 Å². The van der Waals surface area contributed by atoms with Crippen LogP contribution in [0.15, 0.2) is 59.5 Å². The van der Waals surface area contributed by atoms with Gasteiger partial charge in [-0.1, -0.05) is 35.5 Å². The minimum Gasteiger partial charge on any atom is -0.485 e. The molecule has 1 aliphatic rings. The lowest BCUT2D eigenvalue weighted by Crippen LogP contribution is -2.11. The van der Waals surface area contributed by atoms with E-state index in [0.717, 1.165) is 5.56 Å². The van der Waals surface area contributed by atoms with Gasteiger partial charge in [0.25, 0.3) is 0 Å². The Morgan fingerprint density at radius 2 is 1.94 bits per heavy atom. The number of hydrogen-bond donors (Lipinski definition) is 0. The van der Waals surface area contributed by atoms with E-state index in [1.165, 1.54) is 13.2 Å². The average molecular weight is 243 g/mol. The molecule has 1 aromatic rings. The van der Waals surface area contributed by atoms with Crippen LogP contribution in [0.25, 0.3) is 0 Å². The predicted octanol–water partition coefficient (Wildman–Crippen LogP) is 2.23. The van der Waals surface area contributed by atoms with Gasteiger partial charge in [-0.05, 0) is 17.7 Å². The highest BCUT2D eigenvalue weighted by Gasteiger charge is 2.14. The molecule has 1 aliphatic carbocycles. The van der Waals surface area contributed by atoms with Crippen molar-refractivity contribution in [2.24, 2.45) is 5.16 Å². The molecule has 2 rings (SSSR count). The Kier molecular flexibility index (Phi) is 3.91. The number of allylic oxidation sites excluding steroid dienone is 3. The van der Waals surface area contributed by atoms with Gasteiger partial charge in [-0.3, -0.25) is 4.79 Å². The molecule has 0 aromatic heterocycles. The van der Waals surface area contributed by atoms with E-state index in [1.807, 2.05) is 30.3 Å². The van der Waals surface area contributed by atoms with Crippen molar-refractivity contribution in [3.8, 4) is 0 Å². The molecule has 0 heterocycles. The molecule has 0 unspecified atom stereocenters. The molecule has 0 fully saturated rings. The maximum absolute atomic E-state index is 11.6. The second-order valence-corrected chi connectivity index (χ2v) is 3.68. The summed E-state index contributed by atoms with van der Waals surface area (Å²) < 4.78 is 5.48. The summed E-state index contributed by atoms with van der Waals surface area (Å²) in [5.74, 6) is 0.109. The van der Waals surface area contributed by atoms with Crippen molar-refractivity contribution < 1.29 is 14.4 Å². The van der Waals surface area contributed by atoms with E-state index in [2.05, 4.69) is 9.99 Å². The maximum atomic E-state index is 11.6. The third-order valence-corrected chi connectivity index (χ3v) is 2.36. The van der Waals surface area contributed by atoms with Crippen LogP contribution in [-0.2, 0) is 21.0 Å². The summed E-state index contributed by atoms with van der Waals surface area (Å²) in [5.41, 5.74) is 1.56. The summed E-state index contributed by atoms with van der Waals surface area (Å²) in [4.78, 5) is 16.2. The molecule has 0 saturated carbocycles. The van der Waals surface area contributed by atoms with Crippen molar-refractivity contribution in [2.45, 2.75) is 6.61 Å². The summed E-state index contributed by atoms with van der Waals surface area (Å²) in [7, 11) is 1.45.